The average Bonchev–Trinajstić information content (AvgIpc) is 3.22. The first kappa shape index (κ1) is 14.9. The van der Waals surface area contributed by atoms with Crippen LogP contribution in [0.3, 0.4) is 0 Å². The smallest absolute Gasteiger partial charge is 0.0961 e. The molecule has 1 fully saturated rings. The van der Waals surface area contributed by atoms with Crippen LogP contribution in [-0.4, -0.2) is 18.6 Å². The van der Waals surface area contributed by atoms with Gasteiger partial charge in [-0.3, -0.25) is 0 Å². The Morgan fingerprint density at radius 3 is 2.11 bits per heavy atom. The van der Waals surface area contributed by atoms with Crippen LogP contribution in [0.25, 0.3) is 0 Å². The van der Waals surface area contributed by atoms with Crippen molar-refractivity contribution < 1.29 is 0 Å². The Balaban J connectivity index is 2.47. The lowest BCUT2D eigenvalue weighted by molar-refractivity contribution is 0.411. The lowest BCUT2D eigenvalue weighted by atomic mass is 9.84. The molecule has 0 N–H and O–H groups in total. The molecule has 1 aliphatic rings. The number of alkyl halides is 1. The Bertz CT molecular complexity index is 381. The summed E-state index contributed by atoms with van der Waals surface area (Å²) < 4.78 is 1.83. The molecule has 0 saturated heterocycles. The van der Waals surface area contributed by atoms with E-state index in [-0.39, 0.29) is 0 Å². The summed E-state index contributed by atoms with van der Waals surface area (Å²) in [6.45, 7) is 7.44. The standard InChI is InChI=1S/C12H14I.2C2H5.Al/c1-10(12(9-13)7-8-12)11-5-3-2-4-6-11;2*1-2;/h2-6H,7-9H2,1H3;2*1H2,2H3;. The quantitative estimate of drug-likeness (QED) is 0.365. The third-order valence-electron chi connectivity index (χ3n) is 5.39. The highest BCUT2D eigenvalue weighted by Gasteiger charge is 2.59. The molecule has 0 bridgehead atoms. The number of hydrogen-bond acceptors (Lipinski definition) is 0. The molecular weight excluding hydrogens is 346 g/mol. The van der Waals surface area contributed by atoms with Gasteiger partial charge in [0, 0.05) is 4.43 Å². The molecule has 1 saturated carbocycles. The topological polar surface area (TPSA) is 0 Å². The van der Waals surface area contributed by atoms with Crippen molar-refractivity contribution in [2.45, 2.75) is 48.5 Å². The molecule has 0 amide bonds. The third kappa shape index (κ3) is 2.30. The van der Waals surface area contributed by atoms with Gasteiger partial charge in [0.2, 0.25) is 0 Å². The maximum absolute atomic E-state index is 2.63. The van der Waals surface area contributed by atoms with Gasteiger partial charge in [0.1, 0.15) is 0 Å². The van der Waals surface area contributed by atoms with E-state index in [1.165, 1.54) is 27.8 Å². The SMILES string of the molecule is C[CH2][Al]([CH2]C)[C](C)(c1ccccc1)C1(CI)CC1. The lowest BCUT2D eigenvalue weighted by Crippen LogP contribution is -2.48. The molecule has 1 aliphatic carbocycles. The number of benzene rings is 1. The van der Waals surface area contributed by atoms with Crippen molar-refractivity contribution in [3.8, 4) is 0 Å². The van der Waals surface area contributed by atoms with Crippen LogP contribution in [0, 0.1) is 5.41 Å². The first-order chi connectivity index (χ1) is 8.64. The van der Waals surface area contributed by atoms with Gasteiger partial charge in [0.15, 0.2) is 0 Å². The Morgan fingerprint density at radius 2 is 1.72 bits per heavy atom. The van der Waals surface area contributed by atoms with Gasteiger partial charge < -0.3 is 0 Å². The van der Waals surface area contributed by atoms with E-state index in [9.17, 15) is 0 Å². The van der Waals surface area contributed by atoms with Gasteiger partial charge in [-0.25, -0.2) is 0 Å². The monoisotopic (exact) mass is 370 g/mol. The van der Waals surface area contributed by atoms with Crippen LogP contribution in [0.15, 0.2) is 30.3 Å². The summed E-state index contributed by atoms with van der Waals surface area (Å²) >= 11 is 1.90. The molecule has 1 unspecified atom stereocenters. The highest BCUT2D eigenvalue weighted by molar-refractivity contribution is 14.1. The summed E-state index contributed by atoms with van der Waals surface area (Å²) in [6.07, 6.45) is 2.90. The molecule has 0 aromatic heterocycles. The fraction of sp³-hybridized carbons (Fsp3) is 0.625. The van der Waals surface area contributed by atoms with Crippen LogP contribution in [0.2, 0.25) is 10.6 Å². The van der Waals surface area contributed by atoms with E-state index in [1.54, 1.807) is 5.56 Å². The first-order valence-electron chi connectivity index (χ1n) is 7.26. The van der Waals surface area contributed by atoms with Crippen LogP contribution >= 0.6 is 22.6 Å². The van der Waals surface area contributed by atoms with Crippen molar-refractivity contribution in [3.05, 3.63) is 35.9 Å². The van der Waals surface area contributed by atoms with Crippen LogP contribution in [0.4, 0.5) is 0 Å². The minimum absolute atomic E-state index is 0.499. The number of rotatable bonds is 6. The zero-order valence-electron chi connectivity index (χ0n) is 11.9. The Hall–Kier alpha value is 0.482. The predicted molar refractivity (Wildman–Crippen MR) is 91.1 cm³/mol. The van der Waals surface area contributed by atoms with Gasteiger partial charge in [0.25, 0.3) is 14.1 Å². The first-order valence-corrected chi connectivity index (χ1v) is 11.0. The third-order valence-corrected chi connectivity index (χ3v) is 11.4. The molecule has 0 heterocycles. The zero-order chi connectivity index (χ0) is 13.2. The summed E-state index contributed by atoms with van der Waals surface area (Å²) in [5.74, 6) is 0. The van der Waals surface area contributed by atoms with E-state index in [2.05, 4.69) is 73.7 Å². The van der Waals surface area contributed by atoms with Gasteiger partial charge in [-0.05, 0) is 22.5 Å². The molecule has 2 heteroatoms. The summed E-state index contributed by atoms with van der Waals surface area (Å²) in [5, 5.41) is 2.86. The normalized spacial score (nSPS) is 20.2. The average molecular weight is 370 g/mol. The molecule has 98 valence electrons. The fourth-order valence-corrected chi connectivity index (χ4v) is 9.91. The zero-order valence-corrected chi connectivity index (χ0v) is 15.2. The van der Waals surface area contributed by atoms with E-state index in [0.717, 1.165) is 0 Å². The molecule has 0 radical (unpaired) electrons. The summed E-state index contributed by atoms with van der Waals surface area (Å²) in [5.41, 5.74) is 2.25. The van der Waals surface area contributed by atoms with E-state index < -0.39 is 14.1 Å². The molecule has 0 nitrogen and oxygen atoms in total. The fourth-order valence-electron chi connectivity index (χ4n) is 3.81. The molecular formula is C16H24AlI. The van der Waals surface area contributed by atoms with Crippen molar-refractivity contribution in [2.75, 3.05) is 4.43 Å². The Labute approximate surface area is 130 Å². The van der Waals surface area contributed by atoms with Gasteiger partial charge in [-0.2, -0.15) is 0 Å². The van der Waals surface area contributed by atoms with Crippen molar-refractivity contribution in [1.29, 1.82) is 0 Å². The Kier molecular flexibility index (Phi) is 4.84. The van der Waals surface area contributed by atoms with Crippen molar-refractivity contribution >= 4 is 36.7 Å². The maximum Gasteiger partial charge on any atom is 0.275 e. The second kappa shape index (κ2) is 5.85. The van der Waals surface area contributed by atoms with E-state index in [0.29, 0.717) is 9.69 Å². The molecule has 18 heavy (non-hydrogen) atoms. The van der Waals surface area contributed by atoms with Crippen molar-refractivity contribution in [2.24, 2.45) is 5.41 Å². The molecule has 1 atom stereocenters. The Morgan fingerprint density at radius 1 is 1.17 bits per heavy atom. The van der Waals surface area contributed by atoms with Gasteiger partial charge in [-0.1, -0.05) is 89.8 Å². The van der Waals surface area contributed by atoms with Gasteiger partial charge in [-0.15, -0.1) is 0 Å². The highest BCUT2D eigenvalue weighted by Crippen LogP contribution is 2.62. The largest absolute Gasteiger partial charge is 0.275 e. The molecule has 0 aliphatic heterocycles. The summed E-state index contributed by atoms with van der Waals surface area (Å²) in [4.78, 5) is 0. The van der Waals surface area contributed by atoms with Crippen molar-refractivity contribution in [3.63, 3.8) is 0 Å². The van der Waals surface area contributed by atoms with Crippen LogP contribution < -0.4 is 0 Å². The molecule has 0 spiro atoms. The van der Waals surface area contributed by atoms with Gasteiger partial charge in [0.05, 0.1) is 0 Å². The molecule has 2 rings (SSSR count). The van der Waals surface area contributed by atoms with Crippen LogP contribution in [0.1, 0.15) is 39.2 Å². The molecule has 1 aromatic carbocycles. The number of hydrogen-bond donors (Lipinski definition) is 0. The lowest BCUT2D eigenvalue weighted by Gasteiger charge is -2.42. The maximum atomic E-state index is 2.63. The van der Waals surface area contributed by atoms with Crippen LogP contribution in [-0.2, 0) is 4.28 Å². The summed E-state index contributed by atoms with van der Waals surface area (Å²) in [7, 11) is 0. The minimum Gasteiger partial charge on any atom is -0.0961 e. The predicted octanol–water partition coefficient (Wildman–Crippen LogP) is 5.23. The number of halogens is 1. The minimum atomic E-state index is -0.734. The van der Waals surface area contributed by atoms with Gasteiger partial charge >= 0.3 is 0 Å². The van der Waals surface area contributed by atoms with Crippen molar-refractivity contribution in [1.82, 2.24) is 0 Å². The second-order valence-electron chi connectivity index (χ2n) is 6.00. The second-order valence-corrected chi connectivity index (χ2v) is 10.9. The van der Waals surface area contributed by atoms with E-state index in [4.69, 9.17) is 0 Å². The van der Waals surface area contributed by atoms with E-state index >= 15 is 0 Å². The summed E-state index contributed by atoms with van der Waals surface area (Å²) in [6, 6.07) is 11.4. The van der Waals surface area contributed by atoms with E-state index in [1.807, 2.05) is 0 Å². The highest BCUT2D eigenvalue weighted by atomic mass is 127. The van der Waals surface area contributed by atoms with Crippen LogP contribution in [0.5, 0.6) is 0 Å². The molecule has 1 aromatic rings.